The van der Waals surface area contributed by atoms with Crippen molar-refractivity contribution in [1.82, 2.24) is 0 Å². The van der Waals surface area contributed by atoms with E-state index in [1.165, 1.54) is 0 Å². The lowest BCUT2D eigenvalue weighted by molar-refractivity contribution is -0.174. The monoisotopic (exact) mass is 364 g/mol. The fourth-order valence-corrected chi connectivity index (χ4v) is 3.84. The zero-order chi connectivity index (χ0) is 18.5. The fraction of sp³-hybridized carbons (Fsp3) is 0.348. The Labute approximate surface area is 159 Å². The van der Waals surface area contributed by atoms with E-state index in [9.17, 15) is 4.79 Å². The highest BCUT2D eigenvalue weighted by atomic mass is 16.6. The standard InChI is InChI=1S/C23H24O4/c24-23-19-11-12-22(27-23)21(16-26-14-18-9-5-2-6-10-18)20(19)15-25-13-17-7-3-1-4-8-17/h1-12,19-22H,13-16H2/t19-,20+,21+,22+/m1/s1. The highest BCUT2D eigenvalue weighted by molar-refractivity contribution is 5.77. The van der Waals surface area contributed by atoms with Gasteiger partial charge in [-0.2, -0.15) is 0 Å². The van der Waals surface area contributed by atoms with E-state index in [1.54, 1.807) is 0 Å². The van der Waals surface area contributed by atoms with Gasteiger partial charge < -0.3 is 14.2 Å². The average molecular weight is 364 g/mol. The van der Waals surface area contributed by atoms with Crippen molar-refractivity contribution >= 4 is 5.97 Å². The molecular weight excluding hydrogens is 340 g/mol. The Morgan fingerprint density at radius 1 is 0.741 bits per heavy atom. The maximum atomic E-state index is 12.2. The third kappa shape index (κ3) is 4.29. The molecule has 3 aliphatic rings. The minimum Gasteiger partial charge on any atom is -0.457 e. The Morgan fingerprint density at radius 3 is 1.85 bits per heavy atom. The van der Waals surface area contributed by atoms with E-state index in [4.69, 9.17) is 14.2 Å². The molecule has 2 heterocycles. The second kappa shape index (κ2) is 8.51. The van der Waals surface area contributed by atoms with E-state index in [0.717, 1.165) is 11.1 Å². The van der Waals surface area contributed by atoms with E-state index >= 15 is 0 Å². The first kappa shape index (κ1) is 18.0. The highest BCUT2D eigenvalue weighted by Gasteiger charge is 2.47. The van der Waals surface area contributed by atoms with Crippen LogP contribution in [0.25, 0.3) is 0 Å². The van der Waals surface area contributed by atoms with E-state index in [2.05, 4.69) is 0 Å². The number of hydrogen-bond acceptors (Lipinski definition) is 4. The van der Waals surface area contributed by atoms with Crippen LogP contribution in [0.3, 0.4) is 0 Å². The Balaban J connectivity index is 1.36. The van der Waals surface area contributed by atoms with Crippen LogP contribution in [0, 0.1) is 17.8 Å². The second-order valence-corrected chi connectivity index (χ2v) is 7.14. The number of fused-ring (bicyclic) bond motifs is 2. The van der Waals surface area contributed by atoms with Crippen LogP contribution in [0.5, 0.6) is 0 Å². The van der Waals surface area contributed by atoms with E-state index in [1.807, 2.05) is 72.8 Å². The molecule has 4 heteroatoms. The summed E-state index contributed by atoms with van der Waals surface area (Å²) < 4.78 is 17.5. The van der Waals surface area contributed by atoms with Crippen LogP contribution in [0.1, 0.15) is 11.1 Å². The van der Waals surface area contributed by atoms with Gasteiger partial charge in [-0.05, 0) is 17.2 Å². The van der Waals surface area contributed by atoms with E-state index in [0.29, 0.717) is 26.4 Å². The van der Waals surface area contributed by atoms with Crippen LogP contribution in [-0.2, 0) is 32.2 Å². The molecule has 0 amide bonds. The largest absolute Gasteiger partial charge is 0.457 e. The van der Waals surface area contributed by atoms with Crippen molar-refractivity contribution in [3.63, 3.8) is 0 Å². The van der Waals surface area contributed by atoms with Gasteiger partial charge in [0.15, 0.2) is 0 Å². The van der Waals surface area contributed by atoms with Gasteiger partial charge in [-0.3, -0.25) is 4.79 Å². The maximum Gasteiger partial charge on any atom is 0.313 e. The lowest BCUT2D eigenvalue weighted by atomic mass is 9.72. The summed E-state index contributed by atoms with van der Waals surface area (Å²) in [5, 5.41) is 0. The third-order valence-electron chi connectivity index (χ3n) is 5.31. The molecule has 2 aromatic carbocycles. The summed E-state index contributed by atoms with van der Waals surface area (Å²) in [6.45, 7) is 2.18. The van der Waals surface area contributed by atoms with Crippen molar-refractivity contribution in [1.29, 1.82) is 0 Å². The van der Waals surface area contributed by atoms with Gasteiger partial charge >= 0.3 is 5.97 Å². The van der Waals surface area contributed by atoms with Crippen LogP contribution < -0.4 is 0 Å². The average Bonchev–Trinajstić information content (AvgIpc) is 2.71. The maximum absolute atomic E-state index is 12.2. The van der Waals surface area contributed by atoms with Crippen molar-refractivity contribution < 1.29 is 19.0 Å². The number of ether oxygens (including phenoxy) is 3. The molecule has 0 saturated carbocycles. The summed E-state index contributed by atoms with van der Waals surface area (Å²) in [4.78, 5) is 12.2. The lowest BCUT2D eigenvalue weighted by Gasteiger charge is -2.43. The zero-order valence-corrected chi connectivity index (χ0v) is 15.2. The van der Waals surface area contributed by atoms with Crippen molar-refractivity contribution in [2.24, 2.45) is 17.8 Å². The Hall–Kier alpha value is -2.43. The number of hydrogen-bond donors (Lipinski definition) is 0. The van der Waals surface area contributed by atoms with Crippen LogP contribution in [0.15, 0.2) is 72.8 Å². The predicted molar refractivity (Wildman–Crippen MR) is 102 cm³/mol. The minimum atomic E-state index is -0.240. The van der Waals surface area contributed by atoms with Crippen LogP contribution >= 0.6 is 0 Å². The van der Waals surface area contributed by atoms with Gasteiger partial charge in [0, 0.05) is 11.8 Å². The lowest BCUT2D eigenvalue weighted by Crippen LogP contribution is -2.50. The first-order chi connectivity index (χ1) is 13.3. The summed E-state index contributed by atoms with van der Waals surface area (Å²) in [6.07, 6.45) is 3.75. The summed E-state index contributed by atoms with van der Waals surface area (Å²) in [6, 6.07) is 20.2. The molecular formula is C23H24O4. The Morgan fingerprint density at radius 2 is 1.30 bits per heavy atom. The molecule has 1 aliphatic carbocycles. The van der Waals surface area contributed by atoms with Gasteiger partial charge in [0.2, 0.25) is 0 Å². The number of esters is 1. The molecule has 2 aliphatic heterocycles. The molecule has 27 heavy (non-hydrogen) atoms. The van der Waals surface area contributed by atoms with E-state index in [-0.39, 0.29) is 29.8 Å². The number of carbonyl (C=O) groups excluding carboxylic acids is 1. The van der Waals surface area contributed by atoms with Crippen molar-refractivity contribution in [3.05, 3.63) is 83.9 Å². The normalized spacial score (nSPS) is 26.1. The highest BCUT2D eigenvalue weighted by Crippen LogP contribution is 2.39. The van der Waals surface area contributed by atoms with Crippen LogP contribution in [0.2, 0.25) is 0 Å². The summed E-state index contributed by atoms with van der Waals surface area (Å²) in [5.74, 6) is -0.177. The van der Waals surface area contributed by atoms with Gasteiger partial charge in [-0.15, -0.1) is 0 Å². The van der Waals surface area contributed by atoms with Crippen LogP contribution in [-0.4, -0.2) is 25.3 Å². The van der Waals surface area contributed by atoms with Gasteiger partial charge in [0.05, 0.1) is 32.3 Å². The smallest absolute Gasteiger partial charge is 0.313 e. The van der Waals surface area contributed by atoms with Gasteiger partial charge in [-0.25, -0.2) is 0 Å². The Kier molecular flexibility index (Phi) is 5.66. The van der Waals surface area contributed by atoms with E-state index < -0.39 is 0 Å². The molecule has 4 atom stereocenters. The molecule has 140 valence electrons. The van der Waals surface area contributed by atoms with Crippen molar-refractivity contribution in [2.45, 2.75) is 19.3 Å². The molecule has 0 unspecified atom stereocenters. The number of carbonyl (C=O) groups is 1. The SMILES string of the molecule is O=C1O[C@H]2C=C[C@@H]1[C@H](COCc1ccccc1)[C@@H]2COCc1ccccc1. The molecule has 0 radical (unpaired) electrons. The molecule has 1 saturated heterocycles. The fourth-order valence-electron chi connectivity index (χ4n) is 3.84. The van der Waals surface area contributed by atoms with Crippen LogP contribution in [0.4, 0.5) is 0 Å². The number of benzene rings is 2. The topological polar surface area (TPSA) is 44.8 Å². The molecule has 0 aromatic heterocycles. The minimum absolute atomic E-state index is 0.0840. The molecule has 1 fully saturated rings. The van der Waals surface area contributed by atoms with Gasteiger partial charge in [-0.1, -0.05) is 66.7 Å². The molecule has 4 nitrogen and oxygen atoms in total. The molecule has 0 N–H and O–H groups in total. The molecule has 2 bridgehead atoms. The summed E-state index contributed by atoms with van der Waals surface area (Å²) in [7, 11) is 0. The van der Waals surface area contributed by atoms with Crippen molar-refractivity contribution in [3.8, 4) is 0 Å². The predicted octanol–water partition coefficient (Wildman–Crippen LogP) is 3.76. The van der Waals surface area contributed by atoms with Gasteiger partial charge in [0.1, 0.15) is 6.10 Å². The first-order valence-electron chi connectivity index (χ1n) is 9.43. The summed E-state index contributed by atoms with van der Waals surface area (Å²) in [5.41, 5.74) is 2.27. The number of rotatable bonds is 8. The van der Waals surface area contributed by atoms with Crippen molar-refractivity contribution in [2.75, 3.05) is 13.2 Å². The second-order valence-electron chi connectivity index (χ2n) is 7.14. The quantitative estimate of drug-likeness (QED) is 0.528. The third-order valence-corrected chi connectivity index (χ3v) is 5.31. The summed E-state index contributed by atoms with van der Waals surface area (Å²) >= 11 is 0. The molecule has 0 spiro atoms. The molecule has 5 rings (SSSR count). The first-order valence-corrected chi connectivity index (χ1v) is 9.43. The Bertz CT molecular complexity index is 771. The van der Waals surface area contributed by atoms with Gasteiger partial charge in [0.25, 0.3) is 0 Å². The zero-order valence-electron chi connectivity index (χ0n) is 15.2. The molecule has 2 aromatic rings.